The second-order valence-corrected chi connectivity index (χ2v) is 5.65. The first-order valence-corrected chi connectivity index (χ1v) is 6.99. The summed E-state index contributed by atoms with van der Waals surface area (Å²) >= 11 is 6.38. The predicted molar refractivity (Wildman–Crippen MR) is 76.7 cm³/mol. The molecule has 1 unspecified atom stereocenters. The zero-order valence-electron chi connectivity index (χ0n) is 10.4. The maximum Gasteiger partial charge on any atom is 0.135 e. The van der Waals surface area contributed by atoms with Crippen molar-refractivity contribution in [3.05, 3.63) is 52.0 Å². The molecule has 2 aliphatic rings. The van der Waals surface area contributed by atoms with Gasteiger partial charge in [-0.15, -0.1) is 0 Å². The fourth-order valence-corrected chi connectivity index (χ4v) is 3.66. The fraction of sp³-hybridized carbons (Fsp3) is 0.250. The number of fused-ring (bicyclic) bond motifs is 2. The van der Waals surface area contributed by atoms with Crippen molar-refractivity contribution in [1.82, 2.24) is 5.32 Å². The molecule has 0 saturated carbocycles. The zero-order valence-corrected chi connectivity index (χ0v) is 11.2. The van der Waals surface area contributed by atoms with Crippen molar-refractivity contribution >= 4 is 11.6 Å². The lowest BCUT2D eigenvalue weighted by atomic mass is 9.78. The number of aromatic hydroxyl groups is 1. The minimum atomic E-state index is 0.202. The average Bonchev–Trinajstić information content (AvgIpc) is 2.43. The van der Waals surface area contributed by atoms with Gasteiger partial charge in [-0.3, -0.25) is 0 Å². The lowest BCUT2D eigenvalue weighted by Crippen LogP contribution is -2.33. The summed E-state index contributed by atoms with van der Waals surface area (Å²) in [7, 11) is 0. The third-order valence-corrected chi connectivity index (χ3v) is 4.60. The Balaban J connectivity index is 2.11. The van der Waals surface area contributed by atoms with E-state index in [-0.39, 0.29) is 5.75 Å². The molecule has 0 radical (unpaired) electrons. The van der Waals surface area contributed by atoms with Gasteiger partial charge in [-0.25, -0.2) is 0 Å². The van der Waals surface area contributed by atoms with Crippen LogP contribution in [0.3, 0.4) is 0 Å². The van der Waals surface area contributed by atoms with Crippen LogP contribution in [0.1, 0.15) is 22.7 Å². The van der Waals surface area contributed by atoms with Crippen molar-refractivity contribution in [3.8, 4) is 16.9 Å². The fourth-order valence-electron chi connectivity index (χ4n) is 3.40. The predicted octanol–water partition coefficient (Wildman–Crippen LogP) is 3.46. The summed E-state index contributed by atoms with van der Waals surface area (Å²) in [5.74, 6) is 0.202. The highest BCUT2D eigenvalue weighted by Crippen LogP contribution is 2.48. The van der Waals surface area contributed by atoms with E-state index in [1.165, 1.54) is 22.3 Å². The minimum Gasteiger partial charge on any atom is -0.506 e. The van der Waals surface area contributed by atoms with Crippen LogP contribution in [0, 0.1) is 0 Å². The Labute approximate surface area is 117 Å². The SMILES string of the molecule is Oc1cc2c3c(c1Cl)-c1ccccc1CC3NCC2. The minimum absolute atomic E-state index is 0.202. The van der Waals surface area contributed by atoms with Gasteiger partial charge in [0.1, 0.15) is 5.75 Å². The normalized spacial score (nSPS) is 19.7. The monoisotopic (exact) mass is 271 g/mol. The van der Waals surface area contributed by atoms with E-state index in [0.717, 1.165) is 24.9 Å². The second kappa shape index (κ2) is 3.99. The summed E-state index contributed by atoms with van der Waals surface area (Å²) in [6.07, 6.45) is 1.95. The molecule has 1 atom stereocenters. The van der Waals surface area contributed by atoms with Gasteiger partial charge in [-0.2, -0.15) is 0 Å². The summed E-state index contributed by atoms with van der Waals surface area (Å²) in [6, 6.07) is 10.5. The number of hydrogen-bond donors (Lipinski definition) is 2. The third kappa shape index (κ3) is 1.54. The van der Waals surface area contributed by atoms with E-state index < -0.39 is 0 Å². The summed E-state index contributed by atoms with van der Waals surface area (Å²) in [5, 5.41) is 14.1. The van der Waals surface area contributed by atoms with Gasteiger partial charge in [0, 0.05) is 11.6 Å². The van der Waals surface area contributed by atoms with Crippen LogP contribution in [-0.2, 0) is 12.8 Å². The van der Waals surface area contributed by atoms with Crippen molar-refractivity contribution in [2.75, 3.05) is 6.54 Å². The van der Waals surface area contributed by atoms with Crippen molar-refractivity contribution < 1.29 is 5.11 Å². The topological polar surface area (TPSA) is 32.3 Å². The molecular formula is C16H14ClNO. The Morgan fingerprint density at radius 2 is 2.05 bits per heavy atom. The Morgan fingerprint density at radius 3 is 2.95 bits per heavy atom. The quantitative estimate of drug-likeness (QED) is 0.769. The Bertz CT molecular complexity index is 681. The van der Waals surface area contributed by atoms with Gasteiger partial charge in [0.25, 0.3) is 0 Å². The largest absolute Gasteiger partial charge is 0.506 e. The molecule has 2 aromatic rings. The van der Waals surface area contributed by atoms with Crippen molar-refractivity contribution in [3.63, 3.8) is 0 Å². The zero-order chi connectivity index (χ0) is 13.0. The summed E-state index contributed by atoms with van der Waals surface area (Å²) in [5.41, 5.74) is 6.01. The molecule has 96 valence electrons. The lowest BCUT2D eigenvalue weighted by molar-refractivity contribution is 0.466. The van der Waals surface area contributed by atoms with Crippen LogP contribution in [0.2, 0.25) is 5.02 Å². The molecule has 4 rings (SSSR count). The maximum absolute atomic E-state index is 10.1. The van der Waals surface area contributed by atoms with Gasteiger partial charge in [0.15, 0.2) is 0 Å². The summed E-state index contributed by atoms with van der Waals surface area (Å²) < 4.78 is 0. The van der Waals surface area contributed by atoms with Crippen LogP contribution >= 0.6 is 11.6 Å². The van der Waals surface area contributed by atoms with Crippen LogP contribution < -0.4 is 5.32 Å². The lowest BCUT2D eigenvalue weighted by Gasteiger charge is -2.35. The molecule has 1 aliphatic heterocycles. The van der Waals surface area contributed by atoms with E-state index in [2.05, 4.69) is 23.5 Å². The molecule has 0 aromatic heterocycles. The van der Waals surface area contributed by atoms with Crippen LogP contribution in [0.15, 0.2) is 30.3 Å². The number of phenols is 1. The molecule has 0 saturated heterocycles. The molecule has 0 spiro atoms. The molecule has 3 heteroatoms. The van der Waals surface area contributed by atoms with E-state index in [0.29, 0.717) is 11.1 Å². The van der Waals surface area contributed by atoms with E-state index in [1.807, 2.05) is 12.1 Å². The first kappa shape index (κ1) is 11.3. The second-order valence-electron chi connectivity index (χ2n) is 5.28. The number of rotatable bonds is 0. The molecule has 2 nitrogen and oxygen atoms in total. The number of hydrogen-bond acceptors (Lipinski definition) is 2. The number of phenolic OH excluding ortho intramolecular Hbond substituents is 1. The number of nitrogens with one attached hydrogen (secondary N) is 1. The summed E-state index contributed by atoms with van der Waals surface area (Å²) in [4.78, 5) is 0. The smallest absolute Gasteiger partial charge is 0.135 e. The van der Waals surface area contributed by atoms with Gasteiger partial charge >= 0.3 is 0 Å². The third-order valence-electron chi connectivity index (χ3n) is 4.21. The van der Waals surface area contributed by atoms with Gasteiger partial charge in [0.2, 0.25) is 0 Å². The van der Waals surface area contributed by atoms with Crippen molar-refractivity contribution in [2.24, 2.45) is 0 Å². The van der Waals surface area contributed by atoms with Gasteiger partial charge in [0.05, 0.1) is 5.02 Å². The van der Waals surface area contributed by atoms with Crippen LogP contribution in [0.25, 0.3) is 11.1 Å². The first-order valence-electron chi connectivity index (χ1n) is 6.61. The highest BCUT2D eigenvalue weighted by Gasteiger charge is 2.31. The van der Waals surface area contributed by atoms with Gasteiger partial charge < -0.3 is 10.4 Å². The highest BCUT2D eigenvalue weighted by molar-refractivity contribution is 6.35. The standard InChI is InChI=1S/C16H14ClNO/c17-16-13(19)8-10-5-6-18-12-7-9-3-1-2-4-11(9)15(16)14(10)12/h1-4,8,12,18-19H,5-7H2. The van der Waals surface area contributed by atoms with Crippen molar-refractivity contribution in [2.45, 2.75) is 18.9 Å². The van der Waals surface area contributed by atoms with E-state index in [9.17, 15) is 5.11 Å². The molecule has 1 heterocycles. The maximum atomic E-state index is 10.1. The summed E-state index contributed by atoms with van der Waals surface area (Å²) in [6.45, 7) is 0.959. The Kier molecular flexibility index (Phi) is 2.38. The molecule has 2 aromatic carbocycles. The molecular weight excluding hydrogens is 258 g/mol. The van der Waals surface area contributed by atoms with Crippen LogP contribution in [0.5, 0.6) is 5.75 Å². The van der Waals surface area contributed by atoms with Crippen LogP contribution in [0.4, 0.5) is 0 Å². The van der Waals surface area contributed by atoms with E-state index >= 15 is 0 Å². The Morgan fingerprint density at radius 1 is 1.21 bits per heavy atom. The molecule has 1 aliphatic carbocycles. The average molecular weight is 272 g/mol. The van der Waals surface area contributed by atoms with E-state index in [4.69, 9.17) is 11.6 Å². The number of halogens is 1. The van der Waals surface area contributed by atoms with E-state index in [1.54, 1.807) is 0 Å². The first-order chi connectivity index (χ1) is 9.25. The van der Waals surface area contributed by atoms with Crippen molar-refractivity contribution in [1.29, 1.82) is 0 Å². The molecule has 0 fully saturated rings. The highest BCUT2D eigenvalue weighted by atomic mass is 35.5. The molecule has 19 heavy (non-hydrogen) atoms. The molecule has 0 amide bonds. The number of benzene rings is 2. The molecule has 0 bridgehead atoms. The van der Waals surface area contributed by atoms with Gasteiger partial charge in [-0.05, 0) is 47.7 Å². The molecule has 2 N–H and O–H groups in total. The van der Waals surface area contributed by atoms with Crippen LogP contribution in [-0.4, -0.2) is 11.7 Å². The van der Waals surface area contributed by atoms with Gasteiger partial charge in [-0.1, -0.05) is 35.9 Å². The Hall–Kier alpha value is -1.51.